The van der Waals surface area contributed by atoms with Crippen LogP contribution in [0.2, 0.25) is 0 Å². The maximum Gasteiger partial charge on any atom is 0.407 e. The van der Waals surface area contributed by atoms with Crippen LogP contribution in [0.5, 0.6) is 0 Å². The molecule has 1 fully saturated rings. The predicted molar refractivity (Wildman–Crippen MR) is 92.2 cm³/mol. The number of carbonyl (C=O) groups excluding carboxylic acids is 2. The molecule has 0 saturated carbocycles. The second-order valence-corrected chi connectivity index (χ2v) is 6.54. The maximum absolute atomic E-state index is 12.4. The lowest BCUT2D eigenvalue weighted by atomic mass is 10.0. The lowest BCUT2D eigenvalue weighted by Crippen LogP contribution is -2.51. The fraction of sp³-hybridized carbons (Fsp3) is 0.556. The molecule has 2 atom stereocenters. The van der Waals surface area contributed by atoms with E-state index in [2.05, 4.69) is 5.32 Å². The van der Waals surface area contributed by atoms with E-state index in [-0.39, 0.29) is 24.5 Å². The van der Waals surface area contributed by atoms with E-state index < -0.39 is 12.1 Å². The molecule has 6 heteroatoms. The normalized spacial score (nSPS) is 18.5. The van der Waals surface area contributed by atoms with E-state index in [0.29, 0.717) is 13.1 Å². The van der Waals surface area contributed by atoms with E-state index in [4.69, 9.17) is 10.5 Å². The number of nitrogens with one attached hydrogen (secondary N) is 1. The van der Waals surface area contributed by atoms with Crippen LogP contribution in [0.15, 0.2) is 30.3 Å². The zero-order valence-electron chi connectivity index (χ0n) is 14.4. The summed E-state index contributed by atoms with van der Waals surface area (Å²) in [7, 11) is 0. The number of rotatable bonds is 6. The highest BCUT2D eigenvalue weighted by Crippen LogP contribution is 2.19. The molecule has 1 aromatic rings. The third kappa shape index (κ3) is 4.96. The molecule has 1 aromatic carbocycles. The molecule has 1 heterocycles. The Morgan fingerprint density at radius 2 is 2.04 bits per heavy atom. The van der Waals surface area contributed by atoms with Crippen molar-refractivity contribution in [1.82, 2.24) is 10.2 Å². The zero-order valence-corrected chi connectivity index (χ0v) is 14.4. The van der Waals surface area contributed by atoms with Gasteiger partial charge in [0, 0.05) is 19.1 Å². The summed E-state index contributed by atoms with van der Waals surface area (Å²) in [5.41, 5.74) is 6.91. The second-order valence-electron chi connectivity index (χ2n) is 6.54. The van der Waals surface area contributed by atoms with Gasteiger partial charge in [0.15, 0.2) is 0 Å². The summed E-state index contributed by atoms with van der Waals surface area (Å²) < 4.78 is 5.19. The van der Waals surface area contributed by atoms with Crippen molar-refractivity contribution in [3.05, 3.63) is 35.9 Å². The molecule has 0 unspecified atom stereocenters. The first-order valence-corrected chi connectivity index (χ1v) is 8.49. The number of nitrogens with two attached hydrogens (primary N) is 1. The fourth-order valence-electron chi connectivity index (χ4n) is 2.79. The van der Waals surface area contributed by atoms with Gasteiger partial charge in [0.2, 0.25) is 5.91 Å². The van der Waals surface area contributed by atoms with Crippen molar-refractivity contribution in [3.8, 4) is 0 Å². The fourth-order valence-corrected chi connectivity index (χ4v) is 2.79. The average Bonchev–Trinajstić information content (AvgIpc) is 3.06. The summed E-state index contributed by atoms with van der Waals surface area (Å²) >= 11 is 0. The third-order valence-electron chi connectivity index (χ3n) is 4.36. The van der Waals surface area contributed by atoms with E-state index in [1.54, 1.807) is 4.90 Å². The van der Waals surface area contributed by atoms with Gasteiger partial charge in [-0.2, -0.15) is 0 Å². The Kier molecular flexibility index (Phi) is 6.61. The minimum atomic E-state index is -0.490. The summed E-state index contributed by atoms with van der Waals surface area (Å²) in [6, 6.07) is 9.02. The van der Waals surface area contributed by atoms with E-state index >= 15 is 0 Å². The Morgan fingerprint density at radius 1 is 1.33 bits per heavy atom. The third-order valence-corrected chi connectivity index (χ3v) is 4.36. The highest BCUT2D eigenvalue weighted by atomic mass is 16.5. The lowest BCUT2D eigenvalue weighted by Gasteiger charge is -2.28. The molecule has 6 nitrogen and oxygen atoms in total. The van der Waals surface area contributed by atoms with Gasteiger partial charge in [-0.15, -0.1) is 0 Å². The Labute approximate surface area is 143 Å². The molecule has 2 rings (SSSR count). The number of ether oxygens (including phenoxy) is 1. The molecule has 2 amide bonds. The summed E-state index contributed by atoms with van der Waals surface area (Å²) in [6.45, 7) is 5.20. The van der Waals surface area contributed by atoms with Crippen LogP contribution in [0, 0.1) is 5.92 Å². The Morgan fingerprint density at radius 3 is 2.71 bits per heavy atom. The number of hydrogen-bond donors (Lipinski definition) is 2. The van der Waals surface area contributed by atoms with Crippen molar-refractivity contribution >= 4 is 12.0 Å². The van der Waals surface area contributed by atoms with Crippen molar-refractivity contribution in [3.63, 3.8) is 0 Å². The Hall–Kier alpha value is -2.08. The molecule has 0 aliphatic carbocycles. The van der Waals surface area contributed by atoms with Crippen LogP contribution < -0.4 is 11.1 Å². The summed E-state index contributed by atoms with van der Waals surface area (Å²) in [5.74, 6) is 0.0644. The molecule has 0 bridgehead atoms. The second kappa shape index (κ2) is 8.68. The van der Waals surface area contributed by atoms with Crippen LogP contribution in [0.3, 0.4) is 0 Å². The Bertz CT molecular complexity index is 548. The lowest BCUT2D eigenvalue weighted by molar-refractivity contribution is -0.134. The van der Waals surface area contributed by atoms with E-state index in [1.165, 1.54) is 0 Å². The first kappa shape index (κ1) is 18.3. The van der Waals surface area contributed by atoms with Gasteiger partial charge < -0.3 is 20.7 Å². The van der Waals surface area contributed by atoms with Crippen molar-refractivity contribution in [2.45, 2.75) is 45.4 Å². The smallest absolute Gasteiger partial charge is 0.407 e. The van der Waals surface area contributed by atoms with Crippen molar-refractivity contribution < 1.29 is 14.3 Å². The van der Waals surface area contributed by atoms with Crippen LogP contribution in [-0.2, 0) is 16.1 Å². The topological polar surface area (TPSA) is 84.7 Å². The molecule has 0 radical (unpaired) electrons. The van der Waals surface area contributed by atoms with Crippen molar-refractivity contribution in [2.24, 2.45) is 11.7 Å². The summed E-state index contributed by atoms with van der Waals surface area (Å²) in [4.78, 5) is 26.0. The molecule has 1 aliphatic rings. The number of alkyl carbamates (subject to hydrolysis) is 1. The van der Waals surface area contributed by atoms with Crippen molar-refractivity contribution in [2.75, 3.05) is 13.1 Å². The largest absolute Gasteiger partial charge is 0.445 e. The first-order valence-electron chi connectivity index (χ1n) is 8.49. The molecule has 132 valence electrons. The minimum absolute atomic E-state index is 0.00780. The van der Waals surface area contributed by atoms with E-state index in [9.17, 15) is 9.59 Å². The van der Waals surface area contributed by atoms with Gasteiger partial charge in [0.1, 0.15) is 6.61 Å². The van der Waals surface area contributed by atoms with Gasteiger partial charge in [-0.05, 0) is 24.3 Å². The summed E-state index contributed by atoms with van der Waals surface area (Å²) in [6.07, 6.45) is 1.34. The van der Waals surface area contributed by atoms with Crippen LogP contribution >= 0.6 is 0 Å². The van der Waals surface area contributed by atoms with E-state index in [1.807, 2.05) is 44.2 Å². The molecule has 3 N–H and O–H groups in total. The Balaban J connectivity index is 1.78. The number of benzene rings is 1. The van der Waals surface area contributed by atoms with Crippen LogP contribution in [0.25, 0.3) is 0 Å². The highest BCUT2D eigenvalue weighted by Gasteiger charge is 2.32. The average molecular weight is 333 g/mol. The van der Waals surface area contributed by atoms with Crippen LogP contribution in [0.1, 0.15) is 32.3 Å². The quantitative estimate of drug-likeness (QED) is 0.832. The number of amides is 2. The monoisotopic (exact) mass is 333 g/mol. The molecule has 1 saturated heterocycles. The molecule has 0 aromatic heterocycles. The van der Waals surface area contributed by atoms with Crippen molar-refractivity contribution in [1.29, 1.82) is 0 Å². The van der Waals surface area contributed by atoms with Gasteiger partial charge in [-0.1, -0.05) is 44.2 Å². The minimum Gasteiger partial charge on any atom is -0.445 e. The van der Waals surface area contributed by atoms with Gasteiger partial charge in [0.05, 0.1) is 6.04 Å². The molecular formula is C18H27N3O3. The zero-order chi connectivity index (χ0) is 17.5. The number of likely N-dealkylation sites (tertiary alicyclic amines) is 1. The predicted octanol–water partition coefficient (Wildman–Crippen LogP) is 1.89. The number of nitrogens with zero attached hydrogens (tertiary/aromatic N) is 1. The van der Waals surface area contributed by atoms with Gasteiger partial charge in [-0.25, -0.2) is 4.79 Å². The standard InChI is InChI=1S/C18H27N3O3/c1-13(2)16(19)17(22)21-10-6-9-15(21)11-20-18(23)24-12-14-7-4-3-5-8-14/h3-5,7-8,13,15-16H,6,9-12,19H2,1-2H3,(H,20,23)/t15-,16+/m1/s1. The van der Waals surface area contributed by atoms with Gasteiger partial charge in [-0.3, -0.25) is 4.79 Å². The van der Waals surface area contributed by atoms with Gasteiger partial charge >= 0.3 is 6.09 Å². The SMILES string of the molecule is CC(C)[C@H](N)C(=O)N1CCC[C@@H]1CNC(=O)OCc1ccccc1. The molecule has 1 aliphatic heterocycles. The first-order chi connectivity index (χ1) is 11.5. The van der Waals surface area contributed by atoms with Gasteiger partial charge in [0.25, 0.3) is 0 Å². The van der Waals surface area contributed by atoms with E-state index in [0.717, 1.165) is 18.4 Å². The highest BCUT2D eigenvalue weighted by molar-refractivity contribution is 5.82. The molecular weight excluding hydrogens is 306 g/mol. The number of hydrogen-bond acceptors (Lipinski definition) is 4. The number of carbonyl (C=O) groups is 2. The van der Waals surface area contributed by atoms with Crippen LogP contribution in [0.4, 0.5) is 4.79 Å². The van der Waals surface area contributed by atoms with Crippen LogP contribution in [-0.4, -0.2) is 42.1 Å². The molecule has 0 spiro atoms. The molecule has 24 heavy (non-hydrogen) atoms. The maximum atomic E-state index is 12.4. The summed E-state index contributed by atoms with van der Waals surface area (Å²) in [5, 5.41) is 2.75.